The highest BCUT2D eigenvalue weighted by Gasteiger charge is 2.31. The fourth-order valence-electron chi connectivity index (χ4n) is 4.21. The van der Waals surface area contributed by atoms with Gasteiger partial charge in [-0.3, -0.25) is 14.2 Å². The zero-order valence-corrected chi connectivity index (χ0v) is 19.8. The summed E-state index contributed by atoms with van der Waals surface area (Å²) < 4.78 is 3.30. The standard InChI is InChI=1S/C24H22ClN5O2S/c1-3-28(20-7-5-4-6-15(20)2)21(31)12-18-14-33-24-27-22-19(23(32)29(18)24)13-26-30(22)17-10-8-16(25)9-11-17/h4-11,13,18H,3,12,14H2,1-2H3. The number of nitrogens with zero attached hydrogens (tertiary/aromatic N) is 5. The maximum absolute atomic E-state index is 13.4. The maximum atomic E-state index is 13.4. The van der Waals surface area contributed by atoms with E-state index in [1.807, 2.05) is 50.2 Å². The number of para-hydroxylation sites is 1. The molecule has 3 heterocycles. The number of aromatic nitrogens is 4. The predicted molar refractivity (Wildman–Crippen MR) is 132 cm³/mol. The lowest BCUT2D eigenvalue weighted by Crippen LogP contribution is -2.35. The number of carbonyl (C=O) groups is 1. The summed E-state index contributed by atoms with van der Waals surface area (Å²) in [5, 5.41) is 6.05. The van der Waals surface area contributed by atoms with Crippen LogP contribution in [0.1, 0.15) is 24.9 Å². The Morgan fingerprint density at radius 1 is 1.21 bits per heavy atom. The van der Waals surface area contributed by atoms with Gasteiger partial charge in [-0.05, 0) is 49.7 Å². The lowest BCUT2D eigenvalue weighted by atomic mass is 10.1. The molecular weight excluding hydrogens is 458 g/mol. The Labute approximate surface area is 200 Å². The summed E-state index contributed by atoms with van der Waals surface area (Å²) in [6.07, 6.45) is 1.78. The average molecular weight is 480 g/mol. The number of hydrogen-bond donors (Lipinski definition) is 0. The molecule has 0 radical (unpaired) electrons. The van der Waals surface area contributed by atoms with Crippen molar-refractivity contribution in [3.8, 4) is 5.69 Å². The smallest absolute Gasteiger partial charge is 0.265 e. The van der Waals surface area contributed by atoms with Crippen molar-refractivity contribution in [2.75, 3.05) is 17.2 Å². The quantitative estimate of drug-likeness (QED) is 0.390. The summed E-state index contributed by atoms with van der Waals surface area (Å²) in [7, 11) is 0. The first-order valence-corrected chi connectivity index (χ1v) is 12.1. The van der Waals surface area contributed by atoms with Gasteiger partial charge in [0.05, 0.1) is 17.9 Å². The molecule has 1 unspecified atom stereocenters. The van der Waals surface area contributed by atoms with Crippen LogP contribution < -0.4 is 10.5 Å². The molecule has 0 saturated heterocycles. The van der Waals surface area contributed by atoms with E-state index in [2.05, 4.69) is 5.10 Å². The molecule has 2 aromatic carbocycles. The molecule has 168 valence electrons. The van der Waals surface area contributed by atoms with Gasteiger partial charge in [0.15, 0.2) is 10.8 Å². The maximum Gasteiger partial charge on any atom is 0.265 e. The van der Waals surface area contributed by atoms with Gasteiger partial charge in [-0.2, -0.15) is 5.10 Å². The summed E-state index contributed by atoms with van der Waals surface area (Å²) in [6, 6.07) is 14.8. The van der Waals surface area contributed by atoms with Crippen LogP contribution in [-0.2, 0) is 4.79 Å². The molecule has 5 rings (SSSR count). The SMILES string of the molecule is CCN(C(=O)CC1CSc2nc3c(cnn3-c3ccc(Cl)cc3)c(=O)n21)c1ccccc1C. The number of aryl methyl sites for hydroxylation is 1. The zero-order chi connectivity index (χ0) is 23.1. The van der Waals surface area contributed by atoms with Gasteiger partial charge in [-0.1, -0.05) is 41.6 Å². The molecule has 9 heteroatoms. The van der Waals surface area contributed by atoms with E-state index in [4.69, 9.17) is 16.6 Å². The van der Waals surface area contributed by atoms with E-state index in [0.717, 1.165) is 16.9 Å². The van der Waals surface area contributed by atoms with Crippen LogP contribution >= 0.6 is 23.4 Å². The molecule has 0 saturated carbocycles. The molecule has 1 atom stereocenters. The van der Waals surface area contributed by atoms with E-state index in [9.17, 15) is 9.59 Å². The van der Waals surface area contributed by atoms with Gasteiger partial charge >= 0.3 is 0 Å². The number of amides is 1. The van der Waals surface area contributed by atoms with E-state index in [1.54, 1.807) is 32.5 Å². The second-order valence-electron chi connectivity index (χ2n) is 7.93. The third-order valence-corrected chi connectivity index (χ3v) is 7.23. The van der Waals surface area contributed by atoms with Gasteiger partial charge in [-0.15, -0.1) is 0 Å². The number of hydrogen-bond acceptors (Lipinski definition) is 5. The van der Waals surface area contributed by atoms with Gasteiger partial charge in [0, 0.05) is 29.4 Å². The predicted octanol–water partition coefficient (Wildman–Crippen LogP) is 4.63. The lowest BCUT2D eigenvalue weighted by molar-refractivity contribution is -0.119. The summed E-state index contributed by atoms with van der Waals surface area (Å²) in [6.45, 7) is 4.52. The van der Waals surface area contributed by atoms with Crippen molar-refractivity contribution in [1.82, 2.24) is 19.3 Å². The van der Waals surface area contributed by atoms with Crippen LogP contribution in [-0.4, -0.2) is 37.5 Å². The van der Waals surface area contributed by atoms with Crippen molar-refractivity contribution in [3.05, 3.63) is 75.7 Å². The van der Waals surface area contributed by atoms with Crippen molar-refractivity contribution in [3.63, 3.8) is 0 Å². The number of thioether (sulfide) groups is 1. The summed E-state index contributed by atoms with van der Waals surface area (Å²) >= 11 is 7.49. The third kappa shape index (κ3) is 3.83. The first kappa shape index (κ1) is 21.7. The van der Waals surface area contributed by atoms with Crippen molar-refractivity contribution in [1.29, 1.82) is 0 Å². The third-order valence-electron chi connectivity index (χ3n) is 5.88. The van der Waals surface area contributed by atoms with Crippen molar-refractivity contribution in [2.45, 2.75) is 31.5 Å². The Morgan fingerprint density at radius 3 is 2.70 bits per heavy atom. The highest BCUT2D eigenvalue weighted by atomic mass is 35.5. The second-order valence-corrected chi connectivity index (χ2v) is 9.36. The summed E-state index contributed by atoms with van der Waals surface area (Å²) in [4.78, 5) is 33.1. The number of benzene rings is 2. The fourth-order valence-corrected chi connectivity index (χ4v) is 5.47. The first-order chi connectivity index (χ1) is 16.0. The molecule has 4 aromatic rings. The van der Waals surface area contributed by atoms with Crippen LogP contribution in [0, 0.1) is 6.92 Å². The monoisotopic (exact) mass is 479 g/mol. The van der Waals surface area contributed by atoms with Gasteiger partial charge in [0.25, 0.3) is 5.56 Å². The van der Waals surface area contributed by atoms with Gasteiger partial charge in [-0.25, -0.2) is 9.67 Å². The fraction of sp³-hybridized carbons (Fsp3) is 0.250. The second kappa shape index (κ2) is 8.68. The van der Waals surface area contributed by atoms with Crippen molar-refractivity contribution in [2.24, 2.45) is 0 Å². The van der Waals surface area contributed by atoms with Crippen molar-refractivity contribution < 1.29 is 4.79 Å². The molecule has 0 spiro atoms. The normalized spacial score (nSPS) is 15.1. The molecule has 1 amide bonds. The van der Waals surface area contributed by atoms with Crippen LogP contribution in [0.25, 0.3) is 16.7 Å². The first-order valence-electron chi connectivity index (χ1n) is 10.7. The minimum atomic E-state index is -0.251. The van der Waals surface area contributed by atoms with Gasteiger partial charge in [0.2, 0.25) is 5.91 Å². The number of fused-ring (bicyclic) bond motifs is 2. The van der Waals surface area contributed by atoms with E-state index >= 15 is 0 Å². The van der Waals surface area contributed by atoms with Crippen LogP contribution in [0.3, 0.4) is 0 Å². The summed E-state index contributed by atoms with van der Waals surface area (Å²) in [5.74, 6) is 0.620. The molecule has 0 fully saturated rings. The average Bonchev–Trinajstić information content (AvgIpc) is 3.41. The Hall–Kier alpha value is -3.10. The molecule has 33 heavy (non-hydrogen) atoms. The van der Waals surface area contributed by atoms with Gasteiger partial charge < -0.3 is 4.90 Å². The molecular formula is C24H22ClN5O2S. The molecule has 0 N–H and O–H groups in total. The lowest BCUT2D eigenvalue weighted by Gasteiger charge is -2.24. The zero-order valence-electron chi connectivity index (χ0n) is 18.2. The van der Waals surface area contributed by atoms with E-state index in [1.165, 1.54) is 11.8 Å². The molecule has 7 nitrogen and oxygen atoms in total. The highest BCUT2D eigenvalue weighted by molar-refractivity contribution is 7.99. The van der Waals surface area contributed by atoms with Gasteiger partial charge in [0.1, 0.15) is 5.39 Å². The Balaban J connectivity index is 1.48. The Morgan fingerprint density at radius 2 is 1.97 bits per heavy atom. The number of anilines is 1. The van der Waals surface area contributed by atoms with E-state index in [-0.39, 0.29) is 23.9 Å². The molecule has 1 aliphatic rings. The summed E-state index contributed by atoms with van der Waals surface area (Å²) in [5.41, 5.74) is 3.06. The minimum Gasteiger partial charge on any atom is -0.312 e. The minimum absolute atomic E-state index is 0.00546. The van der Waals surface area contributed by atoms with E-state index in [0.29, 0.717) is 33.5 Å². The van der Waals surface area contributed by atoms with Crippen LogP contribution in [0.5, 0.6) is 0 Å². The van der Waals surface area contributed by atoms with Crippen molar-refractivity contribution >= 4 is 46.0 Å². The van der Waals surface area contributed by atoms with Crippen LogP contribution in [0.2, 0.25) is 5.02 Å². The Bertz CT molecular complexity index is 1410. The number of halogens is 1. The Kier molecular flexibility index (Phi) is 5.72. The van der Waals surface area contributed by atoms with Crippen LogP contribution in [0.15, 0.2) is 64.7 Å². The molecule has 2 aromatic heterocycles. The largest absolute Gasteiger partial charge is 0.312 e. The highest BCUT2D eigenvalue weighted by Crippen LogP contribution is 2.34. The number of carbonyl (C=O) groups excluding carboxylic acids is 1. The molecule has 1 aliphatic heterocycles. The topological polar surface area (TPSA) is 73.0 Å². The number of rotatable bonds is 5. The molecule has 0 bridgehead atoms. The van der Waals surface area contributed by atoms with E-state index < -0.39 is 0 Å². The molecule has 0 aliphatic carbocycles. The van der Waals surface area contributed by atoms with Crippen LogP contribution in [0.4, 0.5) is 5.69 Å².